The maximum absolute atomic E-state index is 12.3. The summed E-state index contributed by atoms with van der Waals surface area (Å²) in [5, 5.41) is 0. The highest BCUT2D eigenvalue weighted by atomic mass is 16.2. The van der Waals surface area contributed by atoms with Crippen LogP contribution in [0.1, 0.15) is 29.3 Å². The van der Waals surface area contributed by atoms with Crippen LogP contribution in [0.5, 0.6) is 0 Å². The molecule has 0 fully saturated rings. The van der Waals surface area contributed by atoms with Gasteiger partial charge >= 0.3 is 0 Å². The largest absolute Gasteiger partial charge is 0.307 e. The number of fused-ring (bicyclic) bond motifs is 1. The van der Waals surface area contributed by atoms with Gasteiger partial charge in [0, 0.05) is 6.20 Å². The van der Waals surface area contributed by atoms with Gasteiger partial charge in [0.15, 0.2) is 0 Å². The molecule has 1 aromatic heterocycles. The summed E-state index contributed by atoms with van der Waals surface area (Å²) in [6.07, 6.45) is 2.86. The van der Waals surface area contributed by atoms with Crippen molar-refractivity contribution in [2.75, 3.05) is 4.90 Å². The summed E-state index contributed by atoms with van der Waals surface area (Å²) in [6.45, 7) is 8.64. The Kier molecular flexibility index (Phi) is 2.89. The number of hydrogen-bond donors (Lipinski definition) is 0. The first-order valence-electron chi connectivity index (χ1n) is 6.98. The molecule has 1 aromatic carbocycles. The average Bonchev–Trinajstić information content (AvgIpc) is 2.87. The Bertz CT molecular complexity index is 677. The monoisotopic (exact) mass is 269 g/mol. The van der Waals surface area contributed by atoms with E-state index >= 15 is 0 Å². The molecule has 0 bridgehead atoms. The smallest absolute Gasteiger partial charge is 0.253 e. The molecule has 3 rings (SSSR count). The molecule has 0 spiro atoms. The molecule has 0 radical (unpaired) electrons. The van der Waals surface area contributed by atoms with Gasteiger partial charge in [-0.25, -0.2) is 9.88 Å². The van der Waals surface area contributed by atoms with Crippen molar-refractivity contribution in [2.45, 2.75) is 40.7 Å². The van der Waals surface area contributed by atoms with E-state index in [0.717, 1.165) is 34.9 Å². The van der Waals surface area contributed by atoms with E-state index in [1.807, 2.05) is 10.8 Å². The summed E-state index contributed by atoms with van der Waals surface area (Å²) in [5.41, 5.74) is 5.45. The summed E-state index contributed by atoms with van der Waals surface area (Å²) in [5.74, 6) is 0.840. The third kappa shape index (κ3) is 1.83. The Hall–Kier alpha value is -2.10. The van der Waals surface area contributed by atoms with Gasteiger partial charge in [-0.3, -0.25) is 4.79 Å². The Balaban J connectivity index is 2.16. The molecule has 104 valence electrons. The van der Waals surface area contributed by atoms with Crippen molar-refractivity contribution in [2.24, 2.45) is 0 Å². The van der Waals surface area contributed by atoms with Gasteiger partial charge in [0.25, 0.3) is 5.91 Å². The van der Waals surface area contributed by atoms with Gasteiger partial charge in [0.2, 0.25) is 5.95 Å². The summed E-state index contributed by atoms with van der Waals surface area (Å²) in [6, 6.07) is 4.23. The zero-order valence-corrected chi connectivity index (χ0v) is 12.4. The summed E-state index contributed by atoms with van der Waals surface area (Å²) in [7, 11) is 0. The van der Waals surface area contributed by atoms with E-state index in [2.05, 4.69) is 44.8 Å². The highest BCUT2D eigenvalue weighted by Gasteiger charge is 2.32. The molecule has 1 aliphatic heterocycles. The number of imidazole rings is 1. The molecule has 0 aliphatic carbocycles. The fourth-order valence-corrected chi connectivity index (χ4v) is 3.00. The van der Waals surface area contributed by atoms with Crippen molar-refractivity contribution >= 4 is 17.5 Å². The summed E-state index contributed by atoms with van der Waals surface area (Å²) >= 11 is 0. The van der Waals surface area contributed by atoms with Gasteiger partial charge in [0.05, 0.1) is 11.4 Å². The van der Waals surface area contributed by atoms with E-state index in [-0.39, 0.29) is 5.91 Å². The molecule has 2 aromatic rings. The molecule has 1 amide bonds. The lowest BCUT2D eigenvalue weighted by Gasteiger charge is -2.20. The van der Waals surface area contributed by atoms with Gasteiger partial charge in [-0.1, -0.05) is 24.6 Å². The van der Waals surface area contributed by atoms with Crippen molar-refractivity contribution in [3.05, 3.63) is 40.7 Å². The van der Waals surface area contributed by atoms with Crippen LogP contribution in [-0.2, 0) is 17.8 Å². The van der Waals surface area contributed by atoms with Crippen LogP contribution >= 0.6 is 0 Å². The van der Waals surface area contributed by atoms with Crippen molar-refractivity contribution in [1.29, 1.82) is 0 Å². The summed E-state index contributed by atoms with van der Waals surface area (Å²) < 4.78 is 1.94. The number of aromatic nitrogens is 2. The molecule has 0 N–H and O–H groups in total. The lowest BCUT2D eigenvalue weighted by Crippen LogP contribution is -2.23. The molecular formula is C16H19N3O. The molecular weight excluding hydrogens is 250 g/mol. The predicted octanol–water partition coefficient (Wildman–Crippen LogP) is 3.05. The van der Waals surface area contributed by atoms with Gasteiger partial charge in [-0.15, -0.1) is 0 Å². The minimum Gasteiger partial charge on any atom is -0.307 e. The van der Waals surface area contributed by atoms with Crippen LogP contribution in [0.2, 0.25) is 0 Å². The van der Waals surface area contributed by atoms with E-state index in [9.17, 15) is 4.79 Å². The molecule has 0 atom stereocenters. The third-order valence-corrected chi connectivity index (χ3v) is 3.78. The number of hydrogen-bond acceptors (Lipinski definition) is 2. The van der Waals surface area contributed by atoms with Crippen LogP contribution in [0.4, 0.5) is 11.6 Å². The Morgan fingerprint density at radius 1 is 1.20 bits per heavy atom. The number of nitrogens with zero attached hydrogens (tertiary/aromatic N) is 3. The first-order valence-corrected chi connectivity index (χ1v) is 6.98. The highest BCUT2D eigenvalue weighted by Crippen LogP contribution is 2.35. The second-order valence-electron chi connectivity index (χ2n) is 5.49. The normalized spacial score (nSPS) is 14.0. The Morgan fingerprint density at radius 2 is 1.85 bits per heavy atom. The number of carbonyl (C=O) groups excluding carboxylic acids is 1. The third-order valence-electron chi connectivity index (χ3n) is 3.78. The van der Waals surface area contributed by atoms with E-state index in [1.165, 1.54) is 5.56 Å². The molecule has 1 aliphatic rings. The zero-order chi connectivity index (χ0) is 14.4. The van der Waals surface area contributed by atoms with Crippen LogP contribution in [0.15, 0.2) is 18.3 Å². The Labute approximate surface area is 119 Å². The summed E-state index contributed by atoms with van der Waals surface area (Å²) in [4.78, 5) is 18.7. The molecule has 4 heteroatoms. The molecule has 2 heterocycles. The number of benzene rings is 1. The zero-order valence-electron chi connectivity index (χ0n) is 12.4. The second kappa shape index (κ2) is 4.47. The van der Waals surface area contributed by atoms with Gasteiger partial charge in [0.1, 0.15) is 6.54 Å². The number of anilines is 2. The lowest BCUT2D eigenvalue weighted by atomic mass is 10.0. The van der Waals surface area contributed by atoms with Crippen molar-refractivity contribution in [1.82, 2.24) is 9.55 Å². The van der Waals surface area contributed by atoms with Crippen LogP contribution in [0.3, 0.4) is 0 Å². The average molecular weight is 269 g/mol. The van der Waals surface area contributed by atoms with Crippen molar-refractivity contribution < 1.29 is 4.79 Å². The minimum atomic E-state index is 0.0882. The predicted molar refractivity (Wildman–Crippen MR) is 79.4 cm³/mol. The quantitative estimate of drug-likeness (QED) is 0.840. The first kappa shape index (κ1) is 12.9. The second-order valence-corrected chi connectivity index (χ2v) is 5.49. The highest BCUT2D eigenvalue weighted by molar-refractivity contribution is 6.03. The molecule has 0 saturated heterocycles. The standard InChI is InChI=1S/C16H19N3O/c1-5-13-8-18-9-14(20)19(16(18)17-13)15-11(3)6-10(2)7-12(15)4/h6-8H,5,9H2,1-4H3. The molecule has 20 heavy (non-hydrogen) atoms. The van der Waals surface area contributed by atoms with Crippen LogP contribution in [0.25, 0.3) is 0 Å². The van der Waals surface area contributed by atoms with Crippen molar-refractivity contribution in [3.8, 4) is 0 Å². The van der Waals surface area contributed by atoms with Gasteiger partial charge < -0.3 is 4.57 Å². The van der Waals surface area contributed by atoms with E-state index in [4.69, 9.17) is 0 Å². The SMILES string of the molecule is CCc1cn2c(n1)N(c1c(C)cc(C)cc1C)C(=O)C2. The number of carbonyl (C=O) groups is 1. The van der Waals surface area contributed by atoms with Crippen molar-refractivity contribution in [3.63, 3.8) is 0 Å². The lowest BCUT2D eigenvalue weighted by molar-refractivity contribution is -0.117. The number of rotatable bonds is 2. The number of amides is 1. The fourth-order valence-electron chi connectivity index (χ4n) is 3.00. The van der Waals surface area contributed by atoms with Gasteiger partial charge in [-0.2, -0.15) is 0 Å². The Morgan fingerprint density at radius 3 is 2.45 bits per heavy atom. The molecule has 0 unspecified atom stereocenters. The van der Waals surface area contributed by atoms with E-state index < -0.39 is 0 Å². The maximum Gasteiger partial charge on any atom is 0.253 e. The van der Waals surface area contributed by atoms with E-state index in [0.29, 0.717) is 6.54 Å². The van der Waals surface area contributed by atoms with E-state index in [1.54, 1.807) is 4.90 Å². The first-order chi connectivity index (χ1) is 9.51. The van der Waals surface area contributed by atoms with Crippen LogP contribution in [-0.4, -0.2) is 15.5 Å². The molecule has 4 nitrogen and oxygen atoms in total. The minimum absolute atomic E-state index is 0.0882. The maximum atomic E-state index is 12.3. The van der Waals surface area contributed by atoms with Crippen LogP contribution in [0, 0.1) is 20.8 Å². The number of aryl methyl sites for hydroxylation is 4. The fraction of sp³-hybridized carbons (Fsp3) is 0.375. The van der Waals surface area contributed by atoms with Gasteiger partial charge in [-0.05, 0) is 38.3 Å². The van der Waals surface area contributed by atoms with Crippen LogP contribution < -0.4 is 4.90 Å². The molecule has 0 saturated carbocycles. The topological polar surface area (TPSA) is 38.1 Å².